The van der Waals surface area contributed by atoms with Crippen molar-refractivity contribution in [1.82, 2.24) is 19.5 Å². The summed E-state index contributed by atoms with van der Waals surface area (Å²) >= 11 is 3.24. The van der Waals surface area contributed by atoms with Crippen molar-refractivity contribution < 1.29 is 13.9 Å². The zero-order chi connectivity index (χ0) is 26.2. The van der Waals surface area contributed by atoms with E-state index in [2.05, 4.69) is 36.2 Å². The Bertz CT molecular complexity index is 1900. The molecule has 0 atom stereocenters. The van der Waals surface area contributed by atoms with Gasteiger partial charge in [-0.2, -0.15) is 0 Å². The van der Waals surface area contributed by atoms with Gasteiger partial charge in [0, 0.05) is 34.9 Å². The number of carbonyl (C=O) groups is 1. The van der Waals surface area contributed by atoms with Crippen molar-refractivity contribution in [3.8, 4) is 17.2 Å². The molecule has 0 spiro atoms. The minimum Gasteiger partial charge on any atom is -0.457 e. The lowest BCUT2D eigenvalue weighted by Crippen LogP contribution is -2.24. The number of nitrogens with zero attached hydrogens (tertiary/aromatic N) is 3. The van der Waals surface area contributed by atoms with E-state index in [9.17, 15) is 14.0 Å². The van der Waals surface area contributed by atoms with E-state index in [1.54, 1.807) is 67.0 Å². The molecule has 4 heterocycles. The first-order valence-electron chi connectivity index (χ1n) is 11.4. The molecule has 6 rings (SSSR count). The third-order valence-electron chi connectivity index (χ3n) is 5.94. The van der Waals surface area contributed by atoms with Crippen LogP contribution in [0.25, 0.3) is 27.8 Å². The van der Waals surface area contributed by atoms with Gasteiger partial charge >= 0.3 is 0 Å². The number of H-pyrrole nitrogens is 1. The fraction of sp³-hybridized carbons (Fsp3) is 0. The molecule has 1 amide bonds. The van der Waals surface area contributed by atoms with E-state index in [0.717, 1.165) is 5.39 Å². The van der Waals surface area contributed by atoms with Crippen LogP contribution in [-0.4, -0.2) is 25.4 Å². The molecule has 38 heavy (non-hydrogen) atoms. The Morgan fingerprint density at radius 3 is 2.66 bits per heavy atom. The summed E-state index contributed by atoms with van der Waals surface area (Å²) in [5, 5.41) is 3.77. The number of nitrogens with one attached hydrogen (secondary N) is 2. The zero-order valence-corrected chi connectivity index (χ0v) is 21.1. The number of aromatic nitrogens is 4. The number of fused-ring (bicyclic) bond motifs is 2. The molecule has 0 saturated heterocycles. The lowest BCUT2D eigenvalue weighted by molar-refractivity contribution is 0.102. The predicted molar refractivity (Wildman–Crippen MR) is 146 cm³/mol. The Morgan fingerprint density at radius 1 is 1.00 bits per heavy atom. The van der Waals surface area contributed by atoms with E-state index in [1.165, 1.54) is 23.0 Å². The first-order valence-corrected chi connectivity index (χ1v) is 12.2. The second-order valence-electron chi connectivity index (χ2n) is 8.34. The van der Waals surface area contributed by atoms with Gasteiger partial charge in [0.25, 0.3) is 5.91 Å². The molecule has 0 saturated carbocycles. The molecule has 10 heteroatoms. The number of benzene rings is 2. The molecule has 8 nitrogen and oxygen atoms in total. The van der Waals surface area contributed by atoms with Gasteiger partial charge in [0.1, 0.15) is 34.2 Å². The van der Waals surface area contributed by atoms with Crippen molar-refractivity contribution in [2.75, 3.05) is 5.32 Å². The highest BCUT2D eigenvalue weighted by Crippen LogP contribution is 2.29. The molecule has 0 fully saturated rings. The summed E-state index contributed by atoms with van der Waals surface area (Å²) in [6, 6.07) is 18.0. The first kappa shape index (κ1) is 23.6. The summed E-state index contributed by atoms with van der Waals surface area (Å²) in [4.78, 5) is 37.9. The highest BCUT2D eigenvalue weighted by molar-refractivity contribution is 9.10. The number of anilines is 1. The topological polar surface area (TPSA) is 102 Å². The Morgan fingerprint density at radius 2 is 1.84 bits per heavy atom. The van der Waals surface area contributed by atoms with Gasteiger partial charge in [-0.15, -0.1) is 0 Å². The van der Waals surface area contributed by atoms with E-state index >= 15 is 0 Å². The van der Waals surface area contributed by atoms with E-state index in [-0.39, 0.29) is 22.3 Å². The summed E-state index contributed by atoms with van der Waals surface area (Å²) in [5.74, 6) is 0.0203. The number of halogens is 2. The van der Waals surface area contributed by atoms with Crippen LogP contribution in [0.2, 0.25) is 0 Å². The Kier molecular flexibility index (Phi) is 5.93. The third-order valence-corrected chi connectivity index (χ3v) is 6.43. The van der Waals surface area contributed by atoms with E-state index < -0.39 is 17.2 Å². The summed E-state index contributed by atoms with van der Waals surface area (Å²) in [6.07, 6.45) is 6.24. The fourth-order valence-electron chi connectivity index (χ4n) is 4.14. The number of aromatic amines is 1. The van der Waals surface area contributed by atoms with Crippen LogP contribution < -0.4 is 15.5 Å². The number of ether oxygens (including phenoxy) is 1. The maximum atomic E-state index is 14.8. The van der Waals surface area contributed by atoms with Crippen molar-refractivity contribution >= 4 is 49.6 Å². The molecule has 186 valence electrons. The molecule has 6 aromatic rings. The molecular weight excluding hydrogens is 553 g/mol. The maximum absolute atomic E-state index is 14.8. The Labute approximate surface area is 222 Å². The number of amides is 1. The summed E-state index contributed by atoms with van der Waals surface area (Å²) in [6.45, 7) is 0. The van der Waals surface area contributed by atoms with Crippen LogP contribution in [0.15, 0.2) is 101 Å². The number of carbonyl (C=O) groups excluding carboxylic acids is 1. The molecule has 4 aromatic heterocycles. The predicted octanol–water partition coefficient (Wildman–Crippen LogP) is 6.21. The number of pyridine rings is 3. The monoisotopic (exact) mass is 569 g/mol. The number of hydrogen-bond donors (Lipinski definition) is 2. The van der Waals surface area contributed by atoms with E-state index in [1.807, 2.05) is 6.07 Å². The van der Waals surface area contributed by atoms with Crippen molar-refractivity contribution in [2.45, 2.75) is 0 Å². The fourth-order valence-corrected chi connectivity index (χ4v) is 4.47. The third kappa shape index (κ3) is 4.31. The van der Waals surface area contributed by atoms with Crippen LogP contribution in [-0.2, 0) is 0 Å². The van der Waals surface area contributed by atoms with Crippen LogP contribution in [0.5, 0.6) is 11.5 Å². The van der Waals surface area contributed by atoms with Gasteiger partial charge in [-0.05, 0) is 66.7 Å². The van der Waals surface area contributed by atoms with E-state index in [4.69, 9.17) is 4.74 Å². The second-order valence-corrected chi connectivity index (χ2v) is 9.26. The van der Waals surface area contributed by atoms with Crippen LogP contribution in [0.1, 0.15) is 10.4 Å². The van der Waals surface area contributed by atoms with Gasteiger partial charge in [0.05, 0.1) is 16.5 Å². The minimum absolute atomic E-state index is 0.153. The highest BCUT2D eigenvalue weighted by Gasteiger charge is 2.19. The number of hydrogen-bond acceptors (Lipinski definition) is 5. The molecule has 2 aromatic carbocycles. The van der Waals surface area contributed by atoms with Crippen molar-refractivity contribution in [1.29, 1.82) is 0 Å². The Hall–Kier alpha value is -4.83. The van der Waals surface area contributed by atoms with Crippen LogP contribution in [0, 0.1) is 5.82 Å². The Balaban J connectivity index is 1.31. The second kappa shape index (κ2) is 9.56. The average molecular weight is 570 g/mol. The van der Waals surface area contributed by atoms with Gasteiger partial charge in [0.15, 0.2) is 0 Å². The molecule has 0 aliphatic heterocycles. The summed E-state index contributed by atoms with van der Waals surface area (Å²) < 4.78 is 22.8. The smallest absolute Gasteiger partial charge is 0.261 e. The average Bonchev–Trinajstić information content (AvgIpc) is 3.41. The van der Waals surface area contributed by atoms with Gasteiger partial charge in [-0.1, -0.05) is 15.9 Å². The first-order chi connectivity index (χ1) is 18.5. The molecule has 0 unspecified atom stereocenters. The van der Waals surface area contributed by atoms with E-state index in [0.29, 0.717) is 27.3 Å². The van der Waals surface area contributed by atoms with Gasteiger partial charge in [-0.3, -0.25) is 14.2 Å². The standard InChI is InChI=1S/C28H17BrFN5O3/c29-16-3-8-23(22(30)14-16)35-15-21(25(36)20-2-1-11-33-27(20)35)28(37)34-17-4-6-18(7-5-17)38-24-10-13-32-26-19(24)9-12-31-26/h1-15H,(H,31,32)(H,34,37). The van der Waals surface area contributed by atoms with Gasteiger partial charge in [0.2, 0.25) is 5.43 Å². The molecule has 0 aliphatic rings. The highest BCUT2D eigenvalue weighted by atomic mass is 79.9. The van der Waals surface area contributed by atoms with Gasteiger partial charge < -0.3 is 15.0 Å². The van der Waals surface area contributed by atoms with Crippen molar-refractivity contribution in [2.24, 2.45) is 0 Å². The summed E-state index contributed by atoms with van der Waals surface area (Å²) in [7, 11) is 0. The zero-order valence-electron chi connectivity index (χ0n) is 19.5. The van der Waals surface area contributed by atoms with Crippen molar-refractivity contribution in [3.05, 3.63) is 118 Å². The lowest BCUT2D eigenvalue weighted by Gasteiger charge is -2.14. The molecule has 2 N–H and O–H groups in total. The lowest BCUT2D eigenvalue weighted by atomic mass is 10.1. The van der Waals surface area contributed by atoms with Crippen LogP contribution >= 0.6 is 15.9 Å². The SMILES string of the molecule is O=C(Nc1ccc(Oc2ccnc3[nH]ccc23)cc1)c1cn(-c2ccc(Br)cc2F)c2ncccc2c1=O. The molecule has 0 aliphatic carbocycles. The molecular formula is C28H17BrFN5O3. The number of rotatable bonds is 5. The molecule has 0 bridgehead atoms. The van der Waals surface area contributed by atoms with Crippen molar-refractivity contribution in [3.63, 3.8) is 0 Å². The largest absolute Gasteiger partial charge is 0.457 e. The van der Waals surface area contributed by atoms with Crippen LogP contribution in [0.3, 0.4) is 0 Å². The van der Waals surface area contributed by atoms with Crippen LogP contribution in [0.4, 0.5) is 10.1 Å². The van der Waals surface area contributed by atoms with Gasteiger partial charge in [-0.25, -0.2) is 14.4 Å². The minimum atomic E-state index is -0.635. The normalized spacial score (nSPS) is 11.1. The molecule has 0 radical (unpaired) electrons. The maximum Gasteiger partial charge on any atom is 0.261 e. The quantitative estimate of drug-likeness (QED) is 0.257. The summed E-state index contributed by atoms with van der Waals surface area (Å²) in [5.41, 5.74) is 0.901.